The van der Waals surface area contributed by atoms with Gasteiger partial charge in [0.15, 0.2) is 0 Å². The standard InChI is InChI=1S/C19H18N2O4/c1-24-18(23)15-6-14(8-20-9-15)17(22)21-10-19(11-21)7-13-4-2-3-5-16(13)25-12-19/h2-6,8-9H,7,10-12H2,1H3. The molecule has 1 aromatic heterocycles. The molecule has 0 bridgehead atoms. The van der Waals surface area contributed by atoms with E-state index in [0.29, 0.717) is 25.3 Å². The van der Waals surface area contributed by atoms with Gasteiger partial charge in [0.1, 0.15) is 5.75 Å². The molecule has 0 N–H and O–H groups in total. The highest BCUT2D eigenvalue weighted by Crippen LogP contribution is 2.41. The zero-order valence-corrected chi connectivity index (χ0v) is 13.9. The number of benzene rings is 1. The van der Waals surface area contributed by atoms with Crippen LogP contribution in [0.25, 0.3) is 0 Å². The van der Waals surface area contributed by atoms with Crippen molar-refractivity contribution >= 4 is 11.9 Å². The van der Waals surface area contributed by atoms with E-state index in [2.05, 4.69) is 15.8 Å². The zero-order chi connectivity index (χ0) is 17.4. The van der Waals surface area contributed by atoms with Crippen molar-refractivity contribution in [3.05, 3.63) is 59.4 Å². The highest BCUT2D eigenvalue weighted by Gasteiger charge is 2.48. The molecular weight excluding hydrogens is 320 g/mol. The van der Waals surface area contributed by atoms with Gasteiger partial charge in [-0.3, -0.25) is 9.78 Å². The summed E-state index contributed by atoms with van der Waals surface area (Å²) < 4.78 is 10.5. The minimum absolute atomic E-state index is 0.0165. The Morgan fingerprint density at radius 1 is 1.20 bits per heavy atom. The Balaban J connectivity index is 1.46. The third-order valence-corrected chi connectivity index (χ3v) is 4.82. The first-order valence-electron chi connectivity index (χ1n) is 8.14. The van der Waals surface area contributed by atoms with E-state index in [1.54, 1.807) is 4.90 Å². The van der Waals surface area contributed by atoms with E-state index in [0.717, 1.165) is 12.2 Å². The van der Waals surface area contributed by atoms with Gasteiger partial charge in [-0.05, 0) is 24.1 Å². The molecular formula is C19H18N2O4. The lowest BCUT2D eigenvalue weighted by molar-refractivity contribution is -0.0291. The number of methoxy groups -OCH3 is 1. The number of pyridine rings is 1. The van der Waals surface area contributed by atoms with E-state index < -0.39 is 5.97 Å². The van der Waals surface area contributed by atoms with Crippen LogP contribution in [0.5, 0.6) is 5.75 Å². The van der Waals surface area contributed by atoms with Gasteiger partial charge in [0, 0.05) is 30.9 Å². The van der Waals surface area contributed by atoms with E-state index in [1.807, 2.05) is 18.2 Å². The van der Waals surface area contributed by atoms with Gasteiger partial charge in [0.25, 0.3) is 5.91 Å². The molecule has 1 aromatic carbocycles. The van der Waals surface area contributed by atoms with Crippen LogP contribution in [0.4, 0.5) is 0 Å². The van der Waals surface area contributed by atoms with Crippen molar-refractivity contribution in [1.29, 1.82) is 0 Å². The molecule has 128 valence electrons. The van der Waals surface area contributed by atoms with Gasteiger partial charge in [-0.25, -0.2) is 4.79 Å². The summed E-state index contributed by atoms with van der Waals surface area (Å²) in [5.41, 5.74) is 1.85. The number of rotatable bonds is 2. The van der Waals surface area contributed by atoms with Gasteiger partial charge in [0.05, 0.1) is 24.8 Å². The van der Waals surface area contributed by atoms with Crippen molar-refractivity contribution in [2.45, 2.75) is 6.42 Å². The largest absolute Gasteiger partial charge is 0.493 e. The lowest BCUT2D eigenvalue weighted by Gasteiger charge is -2.51. The molecule has 0 radical (unpaired) electrons. The van der Waals surface area contributed by atoms with E-state index in [-0.39, 0.29) is 16.9 Å². The molecule has 6 heteroatoms. The average Bonchev–Trinajstić information content (AvgIpc) is 2.64. The summed E-state index contributed by atoms with van der Waals surface area (Å²) in [6.45, 7) is 1.90. The minimum Gasteiger partial charge on any atom is -0.493 e. The van der Waals surface area contributed by atoms with Crippen LogP contribution in [0, 0.1) is 5.41 Å². The topological polar surface area (TPSA) is 68.7 Å². The molecule has 4 rings (SSSR count). The lowest BCUT2D eigenvalue weighted by Crippen LogP contribution is -2.62. The van der Waals surface area contributed by atoms with E-state index >= 15 is 0 Å². The van der Waals surface area contributed by atoms with Crippen LogP contribution in [0.15, 0.2) is 42.7 Å². The molecule has 3 heterocycles. The number of hydrogen-bond donors (Lipinski definition) is 0. The number of ether oxygens (including phenoxy) is 2. The summed E-state index contributed by atoms with van der Waals surface area (Å²) in [7, 11) is 1.30. The monoisotopic (exact) mass is 338 g/mol. The van der Waals surface area contributed by atoms with Crippen LogP contribution >= 0.6 is 0 Å². The molecule has 2 aliphatic rings. The first-order chi connectivity index (χ1) is 12.1. The summed E-state index contributed by atoms with van der Waals surface area (Å²) in [5, 5.41) is 0. The molecule has 0 unspecified atom stereocenters. The van der Waals surface area contributed by atoms with Crippen LogP contribution in [0.2, 0.25) is 0 Å². The van der Waals surface area contributed by atoms with Crippen molar-refractivity contribution < 1.29 is 19.1 Å². The fourth-order valence-corrected chi connectivity index (χ4v) is 3.56. The lowest BCUT2D eigenvalue weighted by atomic mass is 9.73. The van der Waals surface area contributed by atoms with Gasteiger partial charge in [-0.2, -0.15) is 0 Å². The SMILES string of the molecule is COC(=O)c1cncc(C(=O)N2CC3(COc4ccccc4C3)C2)c1. The smallest absolute Gasteiger partial charge is 0.339 e. The van der Waals surface area contributed by atoms with Crippen molar-refractivity contribution in [2.75, 3.05) is 26.8 Å². The Bertz CT molecular complexity index is 843. The highest BCUT2D eigenvalue weighted by atomic mass is 16.5. The maximum Gasteiger partial charge on any atom is 0.339 e. The van der Waals surface area contributed by atoms with E-state index in [4.69, 9.17) is 4.74 Å². The third-order valence-electron chi connectivity index (χ3n) is 4.82. The van der Waals surface area contributed by atoms with Crippen molar-refractivity contribution in [2.24, 2.45) is 5.41 Å². The fourth-order valence-electron chi connectivity index (χ4n) is 3.56. The van der Waals surface area contributed by atoms with Crippen molar-refractivity contribution in [3.63, 3.8) is 0 Å². The zero-order valence-electron chi connectivity index (χ0n) is 13.9. The Morgan fingerprint density at radius 3 is 2.76 bits per heavy atom. The van der Waals surface area contributed by atoms with Crippen LogP contribution < -0.4 is 4.74 Å². The predicted molar refractivity (Wildman–Crippen MR) is 89.6 cm³/mol. The number of para-hydroxylation sites is 1. The molecule has 1 spiro atoms. The average molecular weight is 338 g/mol. The van der Waals surface area contributed by atoms with E-state index in [1.165, 1.54) is 31.1 Å². The maximum absolute atomic E-state index is 12.7. The maximum atomic E-state index is 12.7. The van der Waals surface area contributed by atoms with Crippen molar-refractivity contribution in [1.82, 2.24) is 9.88 Å². The molecule has 0 saturated carbocycles. The number of hydrogen-bond acceptors (Lipinski definition) is 5. The fraction of sp³-hybridized carbons (Fsp3) is 0.316. The number of amides is 1. The second-order valence-electron chi connectivity index (χ2n) is 6.69. The number of esters is 1. The number of carbonyl (C=O) groups is 2. The highest BCUT2D eigenvalue weighted by molar-refractivity contribution is 5.97. The number of aromatic nitrogens is 1. The van der Waals surface area contributed by atoms with Crippen LogP contribution in [-0.4, -0.2) is 48.6 Å². The van der Waals surface area contributed by atoms with Gasteiger partial charge < -0.3 is 14.4 Å². The van der Waals surface area contributed by atoms with Gasteiger partial charge in [0.2, 0.25) is 0 Å². The quantitative estimate of drug-likeness (QED) is 0.783. The normalized spacial score (nSPS) is 17.2. The Hall–Kier alpha value is -2.89. The molecule has 2 aliphatic heterocycles. The first-order valence-corrected chi connectivity index (χ1v) is 8.14. The summed E-state index contributed by atoms with van der Waals surface area (Å²) in [4.78, 5) is 30.0. The summed E-state index contributed by atoms with van der Waals surface area (Å²) >= 11 is 0. The summed E-state index contributed by atoms with van der Waals surface area (Å²) in [5.74, 6) is 0.315. The van der Waals surface area contributed by atoms with Gasteiger partial charge in [-0.1, -0.05) is 18.2 Å². The van der Waals surface area contributed by atoms with Crippen LogP contribution in [0.1, 0.15) is 26.3 Å². The Kier molecular flexibility index (Phi) is 3.67. The van der Waals surface area contributed by atoms with Crippen molar-refractivity contribution in [3.8, 4) is 5.75 Å². The number of carbonyl (C=O) groups excluding carboxylic acids is 2. The molecule has 0 aliphatic carbocycles. The molecule has 25 heavy (non-hydrogen) atoms. The second-order valence-corrected chi connectivity index (χ2v) is 6.69. The molecule has 1 saturated heterocycles. The molecule has 0 atom stereocenters. The third kappa shape index (κ3) is 2.73. The van der Waals surface area contributed by atoms with Gasteiger partial charge >= 0.3 is 5.97 Å². The Labute approximate surface area is 145 Å². The van der Waals surface area contributed by atoms with E-state index in [9.17, 15) is 9.59 Å². The first kappa shape index (κ1) is 15.6. The second kappa shape index (κ2) is 5.88. The number of nitrogens with zero attached hydrogens (tertiary/aromatic N) is 2. The molecule has 1 amide bonds. The molecule has 1 fully saturated rings. The summed E-state index contributed by atoms with van der Waals surface area (Å²) in [6, 6.07) is 9.55. The molecule has 6 nitrogen and oxygen atoms in total. The molecule has 2 aromatic rings. The van der Waals surface area contributed by atoms with Crippen LogP contribution in [-0.2, 0) is 11.2 Å². The Morgan fingerprint density at radius 2 is 1.96 bits per heavy atom. The van der Waals surface area contributed by atoms with Gasteiger partial charge in [-0.15, -0.1) is 0 Å². The predicted octanol–water partition coefficient (Wildman–Crippen LogP) is 1.95. The van der Waals surface area contributed by atoms with Crippen LogP contribution in [0.3, 0.4) is 0 Å². The number of likely N-dealkylation sites (tertiary alicyclic amines) is 1. The summed E-state index contributed by atoms with van der Waals surface area (Å²) in [6.07, 6.45) is 3.78. The number of fused-ring (bicyclic) bond motifs is 1. The minimum atomic E-state index is -0.500.